The zero-order valence-electron chi connectivity index (χ0n) is 17.7. The molecule has 1 saturated heterocycles. The first-order valence-electron chi connectivity index (χ1n) is 10.0. The summed E-state index contributed by atoms with van der Waals surface area (Å²) in [4.78, 5) is 29.9. The highest BCUT2D eigenvalue weighted by Gasteiger charge is 2.33. The molecule has 0 aliphatic carbocycles. The quantitative estimate of drug-likeness (QED) is 0.500. The van der Waals surface area contributed by atoms with Gasteiger partial charge >= 0.3 is 6.18 Å². The number of rotatable bonds is 5. The van der Waals surface area contributed by atoms with Crippen molar-refractivity contribution in [3.63, 3.8) is 0 Å². The number of alkyl halides is 3. The number of nitrogens with two attached hydrogens (primary N) is 1. The fourth-order valence-electron chi connectivity index (χ4n) is 3.42. The molecule has 4 rings (SSSR count). The van der Waals surface area contributed by atoms with Crippen molar-refractivity contribution in [2.24, 2.45) is 5.73 Å². The van der Waals surface area contributed by atoms with Crippen LogP contribution >= 0.6 is 12.4 Å². The number of halogens is 4. The Kier molecular flexibility index (Phi) is 7.42. The number of benzene rings is 1. The zero-order valence-corrected chi connectivity index (χ0v) is 18.5. The van der Waals surface area contributed by atoms with Gasteiger partial charge in [-0.05, 0) is 36.4 Å². The SMILES string of the molecule is Cl.NC(=O)c1nn(-c2ccc(N3CCNCC3)cc2)cc1NC(=O)c1cccc(C(F)(F)F)n1. The molecule has 2 amide bonds. The molecule has 0 radical (unpaired) electrons. The number of anilines is 2. The van der Waals surface area contributed by atoms with Crippen molar-refractivity contribution in [1.82, 2.24) is 20.1 Å². The second kappa shape index (κ2) is 10.1. The van der Waals surface area contributed by atoms with Gasteiger partial charge in [0.05, 0.1) is 17.6 Å². The largest absolute Gasteiger partial charge is 0.433 e. The molecule has 3 aromatic rings. The van der Waals surface area contributed by atoms with Gasteiger partial charge in [0.15, 0.2) is 5.69 Å². The highest BCUT2D eigenvalue weighted by atomic mass is 35.5. The van der Waals surface area contributed by atoms with Crippen LogP contribution in [-0.4, -0.2) is 52.8 Å². The summed E-state index contributed by atoms with van der Waals surface area (Å²) in [6.07, 6.45) is -3.33. The molecule has 0 saturated carbocycles. The van der Waals surface area contributed by atoms with Crippen molar-refractivity contribution in [1.29, 1.82) is 0 Å². The Morgan fingerprint density at radius 1 is 1.03 bits per heavy atom. The minimum absolute atomic E-state index is 0. The predicted octanol–water partition coefficient (Wildman–Crippen LogP) is 2.47. The number of nitrogens with one attached hydrogen (secondary N) is 2. The van der Waals surface area contributed by atoms with Crippen molar-refractivity contribution in [3.05, 3.63) is 65.7 Å². The molecule has 3 heterocycles. The van der Waals surface area contributed by atoms with E-state index >= 15 is 0 Å². The minimum atomic E-state index is -4.70. The predicted molar refractivity (Wildman–Crippen MR) is 122 cm³/mol. The summed E-state index contributed by atoms with van der Waals surface area (Å²) in [5.41, 5.74) is 5.07. The third kappa shape index (κ3) is 5.46. The van der Waals surface area contributed by atoms with E-state index in [2.05, 4.69) is 25.6 Å². The van der Waals surface area contributed by atoms with E-state index in [1.54, 1.807) is 12.1 Å². The van der Waals surface area contributed by atoms with Gasteiger partial charge in [-0.1, -0.05) is 6.07 Å². The maximum atomic E-state index is 12.9. The third-order valence-electron chi connectivity index (χ3n) is 5.06. The van der Waals surface area contributed by atoms with E-state index < -0.39 is 29.4 Å². The van der Waals surface area contributed by atoms with E-state index in [0.29, 0.717) is 5.69 Å². The van der Waals surface area contributed by atoms with Crippen LogP contribution in [0.25, 0.3) is 5.69 Å². The molecular formula is C21H21ClF3N7O2. The number of hydrogen-bond donors (Lipinski definition) is 3. The van der Waals surface area contributed by atoms with Crippen molar-refractivity contribution < 1.29 is 22.8 Å². The lowest BCUT2D eigenvalue weighted by Crippen LogP contribution is -2.43. The molecule has 4 N–H and O–H groups in total. The Labute approximate surface area is 198 Å². The molecule has 0 atom stereocenters. The van der Waals surface area contributed by atoms with Crippen LogP contribution in [0.2, 0.25) is 0 Å². The van der Waals surface area contributed by atoms with E-state index in [4.69, 9.17) is 5.73 Å². The maximum absolute atomic E-state index is 12.9. The first kappa shape index (κ1) is 25.0. The number of aromatic nitrogens is 3. The number of carbonyl (C=O) groups is 2. The lowest BCUT2D eigenvalue weighted by atomic mass is 10.2. The van der Waals surface area contributed by atoms with Crippen molar-refractivity contribution in [2.45, 2.75) is 6.18 Å². The smallest absolute Gasteiger partial charge is 0.369 e. The number of pyridine rings is 1. The topological polar surface area (TPSA) is 118 Å². The summed E-state index contributed by atoms with van der Waals surface area (Å²) in [5.74, 6) is -1.84. The third-order valence-corrected chi connectivity index (χ3v) is 5.06. The van der Waals surface area contributed by atoms with Crippen LogP contribution in [0.4, 0.5) is 24.5 Å². The highest BCUT2D eigenvalue weighted by Crippen LogP contribution is 2.27. The van der Waals surface area contributed by atoms with Crippen LogP contribution in [0.5, 0.6) is 0 Å². The second-order valence-corrected chi connectivity index (χ2v) is 7.31. The molecule has 0 bridgehead atoms. The summed E-state index contributed by atoms with van der Waals surface area (Å²) < 4.78 is 40.0. The van der Waals surface area contributed by atoms with Gasteiger partial charge < -0.3 is 21.3 Å². The summed E-state index contributed by atoms with van der Waals surface area (Å²) in [6, 6.07) is 10.4. The van der Waals surface area contributed by atoms with Crippen LogP contribution in [0.15, 0.2) is 48.7 Å². The number of piperazine rings is 1. The lowest BCUT2D eigenvalue weighted by molar-refractivity contribution is -0.141. The van der Waals surface area contributed by atoms with Gasteiger partial charge in [-0.15, -0.1) is 12.4 Å². The number of primary amides is 1. The van der Waals surface area contributed by atoms with Crippen LogP contribution < -0.4 is 21.3 Å². The van der Waals surface area contributed by atoms with Crippen LogP contribution in [0.3, 0.4) is 0 Å². The number of nitrogens with zero attached hydrogens (tertiary/aromatic N) is 4. The molecule has 9 nitrogen and oxygen atoms in total. The second-order valence-electron chi connectivity index (χ2n) is 7.31. The van der Waals surface area contributed by atoms with Crippen LogP contribution in [0, 0.1) is 0 Å². The van der Waals surface area contributed by atoms with E-state index in [-0.39, 0.29) is 23.8 Å². The fraction of sp³-hybridized carbons (Fsp3) is 0.238. The first-order chi connectivity index (χ1) is 15.7. The number of carbonyl (C=O) groups excluding carboxylic acids is 2. The molecule has 1 aliphatic rings. The summed E-state index contributed by atoms with van der Waals surface area (Å²) >= 11 is 0. The molecule has 1 aliphatic heterocycles. The van der Waals surface area contributed by atoms with E-state index in [1.807, 2.05) is 12.1 Å². The van der Waals surface area contributed by atoms with Crippen LogP contribution in [0.1, 0.15) is 26.7 Å². The molecule has 180 valence electrons. The minimum Gasteiger partial charge on any atom is -0.369 e. The lowest BCUT2D eigenvalue weighted by Gasteiger charge is -2.29. The Hall–Kier alpha value is -3.64. The number of amides is 2. The molecule has 34 heavy (non-hydrogen) atoms. The van der Waals surface area contributed by atoms with Gasteiger partial charge in [-0.25, -0.2) is 9.67 Å². The van der Waals surface area contributed by atoms with Gasteiger partial charge in [-0.3, -0.25) is 9.59 Å². The summed E-state index contributed by atoms with van der Waals surface area (Å²) in [6.45, 7) is 3.55. The normalized spacial score (nSPS) is 13.8. The van der Waals surface area contributed by atoms with E-state index in [0.717, 1.165) is 50.1 Å². The standard InChI is InChI=1S/C21H20F3N7O2.ClH/c22-21(23,24)17-3-1-2-15(27-17)20(33)28-16-12-31(29-18(16)19(25)32)14-6-4-13(5-7-14)30-10-8-26-9-11-30;/h1-7,12,26H,8-11H2,(H2,25,32)(H,28,33);1H. The monoisotopic (exact) mass is 495 g/mol. The van der Waals surface area contributed by atoms with Crippen molar-refractivity contribution >= 4 is 35.6 Å². The van der Waals surface area contributed by atoms with E-state index in [9.17, 15) is 22.8 Å². The Morgan fingerprint density at radius 2 is 1.68 bits per heavy atom. The molecule has 1 aromatic carbocycles. The van der Waals surface area contributed by atoms with Gasteiger partial charge in [0.25, 0.3) is 11.8 Å². The molecule has 0 unspecified atom stereocenters. The van der Waals surface area contributed by atoms with Crippen molar-refractivity contribution in [3.8, 4) is 5.69 Å². The van der Waals surface area contributed by atoms with E-state index in [1.165, 1.54) is 10.9 Å². The Bertz CT molecular complexity index is 1180. The average Bonchev–Trinajstić information content (AvgIpc) is 3.23. The highest BCUT2D eigenvalue weighted by molar-refractivity contribution is 6.07. The van der Waals surface area contributed by atoms with Crippen molar-refractivity contribution in [2.75, 3.05) is 36.4 Å². The molecule has 13 heteroatoms. The number of hydrogen-bond acceptors (Lipinski definition) is 6. The zero-order chi connectivity index (χ0) is 23.6. The first-order valence-corrected chi connectivity index (χ1v) is 10.0. The fourth-order valence-corrected chi connectivity index (χ4v) is 3.42. The molecule has 0 spiro atoms. The molecule has 1 fully saturated rings. The van der Waals surface area contributed by atoms with Crippen LogP contribution in [-0.2, 0) is 6.18 Å². The Morgan fingerprint density at radius 3 is 2.29 bits per heavy atom. The summed E-state index contributed by atoms with van der Waals surface area (Å²) in [5, 5.41) is 9.79. The summed E-state index contributed by atoms with van der Waals surface area (Å²) in [7, 11) is 0. The average molecular weight is 496 g/mol. The maximum Gasteiger partial charge on any atom is 0.433 e. The van der Waals surface area contributed by atoms with Gasteiger partial charge in [0.2, 0.25) is 0 Å². The Balaban J connectivity index is 0.00000324. The molecule has 2 aromatic heterocycles. The molecular weight excluding hydrogens is 475 g/mol. The van der Waals surface area contributed by atoms with Gasteiger partial charge in [0.1, 0.15) is 11.4 Å². The van der Waals surface area contributed by atoms with Gasteiger partial charge in [-0.2, -0.15) is 18.3 Å². The van der Waals surface area contributed by atoms with Gasteiger partial charge in [0, 0.05) is 31.9 Å².